The van der Waals surface area contributed by atoms with Crippen LogP contribution in [0.25, 0.3) is 0 Å². The molecule has 1 aromatic rings. The molecule has 1 atom stereocenters. The topological polar surface area (TPSA) is 80.7 Å². The molecule has 0 aliphatic heterocycles. The molecule has 1 unspecified atom stereocenters. The van der Waals surface area contributed by atoms with E-state index in [1.165, 1.54) is 26.2 Å². The summed E-state index contributed by atoms with van der Waals surface area (Å²) in [5.74, 6) is -2.53. The Hall–Kier alpha value is -1.63. The van der Waals surface area contributed by atoms with Gasteiger partial charge in [0, 0.05) is 11.6 Å². The number of methoxy groups -OCH3 is 1. The molecule has 7 heteroatoms. The molecule has 0 heterocycles. The van der Waals surface area contributed by atoms with Gasteiger partial charge >= 0.3 is 5.97 Å². The third kappa shape index (κ3) is 3.66. The van der Waals surface area contributed by atoms with Gasteiger partial charge in [-0.15, -0.1) is 0 Å². The summed E-state index contributed by atoms with van der Waals surface area (Å²) in [6.07, 6.45) is -0.0601. The van der Waals surface area contributed by atoms with Gasteiger partial charge in [-0.2, -0.15) is 0 Å². The molecule has 1 aromatic carbocycles. The Labute approximate surface area is 110 Å². The SMILES string of the molecule is CCC(C(=O)O)S(=O)(=O)Cc1ccc(OC)cc1F. The van der Waals surface area contributed by atoms with Crippen LogP contribution in [0.1, 0.15) is 18.9 Å². The van der Waals surface area contributed by atoms with Crippen LogP contribution in [0.5, 0.6) is 5.75 Å². The summed E-state index contributed by atoms with van der Waals surface area (Å²) in [7, 11) is -2.58. The van der Waals surface area contributed by atoms with Gasteiger partial charge < -0.3 is 9.84 Å². The number of hydrogen-bond donors (Lipinski definition) is 1. The molecule has 0 bridgehead atoms. The summed E-state index contributed by atoms with van der Waals surface area (Å²) in [5.41, 5.74) is -0.0690. The van der Waals surface area contributed by atoms with Crippen LogP contribution in [0.2, 0.25) is 0 Å². The first-order valence-corrected chi connectivity index (χ1v) is 7.30. The van der Waals surface area contributed by atoms with Crippen molar-refractivity contribution in [3.05, 3.63) is 29.6 Å². The molecule has 19 heavy (non-hydrogen) atoms. The second-order valence-corrected chi connectivity index (χ2v) is 6.18. The van der Waals surface area contributed by atoms with E-state index in [0.717, 1.165) is 6.07 Å². The van der Waals surface area contributed by atoms with Crippen LogP contribution in [0.3, 0.4) is 0 Å². The molecule has 0 saturated carbocycles. The molecule has 0 saturated heterocycles. The van der Waals surface area contributed by atoms with Crippen molar-refractivity contribution < 1.29 is 27.4 Å². The largest absolute Gasteiger partial charge is 0.497 e. The summed E-state index contributed by atoms with van der Waals surface area (Å²) in [4.78, 5) is 10.9. The zero-order valence-electron chi connectivity index (χ0n) is 10.6. The van der Waals surface area contributed by atoms with Gasteiger partial charge in [-0.3, -0.25) is 4.79 Å². The van der Waals surface area contributed by atoms with Crippen LogP contribution < -0.4 is 4.74 Å². The van der Waals surface area contributed by atoms with E-state index >= 15 is 0 Å². The molecular formula is C12H15FO5S. The van der Waals surface area contributed by atoms with E-state index < -0.39 is 32.6 Å². The van der Waals surface area contributed by atoms with E-state index in [2.05, 4.69) is 0 Å². The van der Waals surface area contributed by atoms with Crippen molar-refractivity contribution in [2.75, 3.05) is 7.11 Å². The zero-order valence-corrected chi connectivity index (χ0v) is 11.4. The second-order valence-electron chi connectivity index (χ2n) is 4.00. The van der Waals surface area contributed by atoms with E-state index in [0.29, 0.717) is 0 Å². The van der Waals surface area contributed by atoms with Gasteiger partial charge in [-0.05, 0) is 12.5 Å². The minimum atomic E-state index is -3.95. The van der Waals surface area contributed by atoms with Crippen LogP contribution in [0.4, 0.5) is 4.39 Å². The number of carboxylic acid groups (broad SMARTS) is 1. The molecule has 0 aliphatic carbocycles. The third-order valence-corrected chi connectivity index (χ3v) is 4.81. The number of ether oxygens (including phenoxy) is 1. The number of sulfone groups is 1. The normalized spacial score (nSPS) is 13.0. The highest BCUT2D eigenvalue weighted by molar-refractivity contribution is 7.92. The molecule has 106 valence electrons. The summed E-state index contributed by atoms with van der Waals surface area (Å²) in [6, 6.07) is 3.77. The van der Waals surface area contributed by atoms with Crippen LogP contribution in [-0.2, 0) is 20.4 Å². The Morgan fingerprint density at radius 2 is 2.11 bits per heavy atom. The monoisotopic (exact) mass is 290 g/mol. The Bertz CT molecular complexity index is 567. The van der Waals surface area contributed by atoms with Gasteiger partial charge in [-0.25, -0.2) is 12.8 Å². The Kier molecular flexibility index (Phi) is 4.88. The average molecular weight is 290 g/mol. The number of rotatable bonds is 6. The summed E-state index contributed by atoms with van der Waals surface area (Å²) in [6.45, 7) is 1.46. The lowest BCUT2D eigenvalue weighted by molar-refractivity contribution is -0.136. The molecule has 0 aromatic heterocycles. The second kappa shape index (κ2) is 6.01. The van der Waals surface area contributed by atoms with Gasteiger partial charge in [0.25, 0.3) is 0 Å². The van der Waals surface area contributed by atoms with E-state index in [4.69, 9.17) is 9.84 Å². The number of aliphatic carboxylic acids is 1. The number of halogens is 1. The van der Waals surface area contributed by atoms with Gasteiger partial charge in [0.1, 0.15) is 11.6 Å². The highest BCUT2D eigenvalue weighted by atomic mass is 32.2. The van der Waals surface area contributed by atoms with Crippen molar-refractivity contribution in [1.29, 1.82) is 0 Å². The van der Waals surface area contributed by atoms with Gasteiger partial charge in [0.2, 0.25) is 0 Å². The maximum atomic E-state index is 13.6. The molecule has 5 nitrogen and oxygen atoms in total. The molecule has 0 aliphatic rings. The van der Waals surface area contributed by atoms with Gasteiger partial charge in [0.15, 0.2) is 15.1 Å². The van der Waals surface area contributed by atoms with Crippen molar-refractivity contribution in [2.45, 2.75) is 24.3 Å². The first-order chi connectivity index (χ1) is 8.81. The quantitative estimate of drug-likeness (QED) is 0.861. The Morgan fingerprint density at radius 1 is 1.47 bits per heavy atom. The maximum absolute atomic E-state index is 13.6. The first kappa shape index (κ1) is 15.4. The number of carboxylic acids is 1. The predicted octanol–water partition coefficient (Wildman–Crippen LogP) is 1.61. The maximum Gasteiger partial charge on any atom is 0.321 e. The van der Waals surface area contributed by atoms with Crippen molar-refractivity contribution in [3.63, 3.8) is 0 Å². The molecule has 0 amide bonds. The predicted molar refractivity (Wildman–Crippen MR) is 67.3 cm³/mol. The van der Waals surface area contributed by atoms with Crippen molar-refractivity contribution in [3.8, 4) is 5.75 Å². The Balaban J connectivity index is 3.05. The molecular weight excluding hydrogens is 275 g/mol. The van der Waals surface area contributed by atoms with Crippen LogP contribution in [-0.4, -0.2) is 31.9 Å². The lowest BCUT2D eigenvalue weighted by atomic mass is 10.2. The highest BCUT2D eigenvalue weighted by Crippen LogP contribution is 2.20. The van der Waals surface area contributed by atoms with Gasteiger partial charge in [-0.1, -0.05) is 13.0 Å². The minimum absolute atomic E-state index is 0.0601. The fourth-order valence-electron chi connectivity index (χ4n) is 1.67. The van der Waals surface area contributed by atoms with E-state index in [-0.39, 0.29) is 17.7 Å². The number of benzene rings is 1. The van der Waals surface area contributed by atoms with Gasteiger partial charge in [0.05, 0.1) is 12.9 Å². The van der Waals surface area contributed by atoms with Crippen molar-refractivity contribution in [1.82, 2.24) is 0 Å². The molecule has 1 rings (SSSR count). The highest BCUT2D eigenvalue weighted by Gasteiger charge is 2.31. The number of hydrogen-bond acceptors (Lipinski definition) is 4. The summed E-state index contributed by atoms with van der Waals surface area (Å²) in [5, 5.41) is 7.33. The Morgan fingerprint density at radius 3 is 2.53 bits per heavy atom. The van der Waals surface area contributed by atoms with E-state index in [1.54, 1.807) is 0 Å². The molecule has 0 fully saturated rings. The van der Waals surface area contributed by atoms with Crippen molar-refractivity contribution in [2.24, 2.45) is 0 Å². The first-order valence-electron chi connectivity index (χ1n) is 5.58. The van der Waals surface area contributed by atoms with Crippen LogP contribution in [0.15, 0.2) is 18.2 Å². The standard InChI is InChI=1S/C12H15FO5S/c1-3-11(12(14)15)19(16,17)7-8-4-5-9(18-2)6-10(8)13/h4-6,11H,3,7H2,1-2H3,(H,14,15). The van der Waals surface area contributed by atoms with E-state index in [1.807, 2.05) is 0 Å². The molecule has 1 N–H and O–H groups in total. The fourth-order valence-corrected chi connectivity index (χ4v) is 3.36. The van der Waals surface area contributed by atoms with Crippen LogP contribution in [0, 0.1) is 5.82 Å². The molecule has 0 spiro atoms. The minimum Gasteiger partial charge on any atom is -0.497 e. The smallest absolute Gasteiger partial charge is 0.321 e. The summed E-state index contributed by atoms with van der Waals surface area (Å²) >= 11 is 0. The summed E-state index contributed by atoms with van der Waals surface area (Å²) < 4.78 is 42.2. The average Bonchev–Trinajstić information content (AvgIpc) is 2.31. The third-order valence-electron chi connectivity index (χ3n) is 2.70. The fraction of sp³-hybridized carbons (Fsp3) is 0.417. The zero-order chi connectivity index (χ0) is 14.6. The number of carbonyl (C=O) groups is 1. The molecule has 0 radical (unpaired) electrons. The lowest BCUT2D eigenvalue weighted by Crippen LogP contribution is -2.30. The van der Waals surface area contributed by atoms with Crippen molar-refractivity contribution >= 4 is 15.8 Å². The lowest BCUT2D eigenvalue weighted by Gasteiger charge is -2.12. The van der Waals surface area contributed by atoms with E-state index in [9.17, 15) is 17.6 Å². The van der Waals surface area contributed by atoms with Crippen LogP contribution >= 0.6 is 0 Å².